The number of amides is 1. The van der Waals surface area contributed by atoms with Crippen molar-refractivity contribution in [3.05, 3.63) is 17.0 Å². The molecule has 0 radical (unpaired) electrons. The molecule has 1 aromatic heterocycles. The summed E-state index contributed by atoms with van der Waals surface area (Å²) >= 11 is 0. The molecule has 1 amide bonds. The summed E-state index contributed by atoms with van der Waals surface area (Å²) < 4.78 is 5.77. The third kappa shape index (κ3) is 2.88. The maximum Gasteiger partial charge on any atom is 0.272 e. The van der Waals surface area contributed by atoms with Crippen LogP contribution in [0.3, 0.4) is 0 Å². The summed E-state index contributed by atoms with van der Waals surface area (Å²) in [6, 6.07) is 0.756. The number of hydrogen-bond donors (Lipinski definition) is 3. The molecule has 0 aromatic carbocycles. The minimum Gasteiger partial charge on any atom is -0.374 e. The highest BCUT2D eigenvalue weighted by Gasteiger charge is 2.33. The molecule has 1 atom stereocenters. The van der Waals surface area contributed by atoms with Gasteiger partial charge in [0.15, 0.2) is 5.69 Å². The Labute approximate surface area is 129 Å². The van der Waals surface area contributed by atoms with Crippen LogP contribution in [0.2, 0.25) is 0 Å². The number of morpholine rings is 1. The molecule has 3 N–H and O–H groups in total. The normalized spacial score (nSPS) is 25.7. The molecule has 1 saturated heterocycles. The van der Waals surface area contributed by atoms with Gasteiger partial charge in [0.2, 0.25) is 0 Å². The molecule has 3 aliphatic rings. The van der Waals surface area contributed by atoms with Gasteiger partial charge in [-0.1, -0.05) is 0 Å². The number of carbonyl (C=O) groups excluding carboxylic acids is 1. The lowest BCUT2D eigenvalue weighted by molar-refractivity contribution is -0.0293. The third-order valence-corrected chi connectivity index (χ3v) is 4.75. The van der Waals surface area contributed by atoms with Crippen LogP contribution < -0.4 is 10.6 Å². The summed E-state index contributed by atoms with van der Waals surface area (Å²) in [7, 11) is 0. The average Bonchev–Trinajstić information content (AvgIpc) is 3.32. The van der Waals surface area contributed by atoms with Crippen molar-refractivity contribution in [3.8, 4) is 0 Å². The summed E-state index contributed by atoms with van der Waals surface area (Å²) in [6.45, 7) is 4.90. The SMILES string of the molecule is O=C(NCC1CN(C2CC2)CCO1)c1n[nH]c2c1CNCC2. The zero-order valence-electron chi connectivity index (χ0n) is 12.7. The molecule has 2 fully saturated rings. The van der Waals surface area contributed by atoms with Crippen LogP contribution in [0.1, 0.15) is 34.6 Å². The van der Waals surface area contributed by atoms with Gasteiger partial charge < -0.3 is 15.4 Å². The molecule has 1 aromatic rings. The van der Waals surface area contributed by atoms with Crippen molar-refractivity contribution >= 4 is 5.91 Å². The number of H-pyrrole nitrogens is 1. The Morgan fingerprint density at radius 2 is 2.36 bits per heavy atom. The first-order chi connectivity index (χ1) is 10.8. The average molecular weight is 305 g/mol. The van der Waals surface area contributed by atoms with Gasteiger partial charge in [-0.05, 0) is 12.8 Å². The lowest BCUT2D eigenvalue weighted by atomic mass is 10.1. The first-order valence-electron chi connectivity index (χ1n) is 8.22. The highest BCUT2D eigenvalue weighted by atomic mass is 16.5. The van der Waals surface area contributed by atoms with E-state index in [9.17, 15) is 4.79 Å². The number of aromatic amines is 1. The molecule has 1 aliphatic carbocycles. The molecule has 1 unspecified atom stereocenters. The van der Waals surface area contributed by atoms with Gasteiger partial charge in [-0.25, -0.2) is 0 Å². The Hall–Kier alpha value is -1.44. The molecule has 22 heavy (non-hydrogen) atoms. The van der Waals surface area contributed by atoms with Crippen molar-refractivity contribution < 1.29 is 9.53 Å². The predicted molar refractivity (Wildman–Crippen MR) is 80.7 cm³/mol. The van der Waals surface area contributed by atoms with Crippen molar-refractivity contribution in [3.63, 3.8) is 0 Å². The van der Waals surface area contributed by atoms with Gasteiger partial charge in [0, 0.05) is 56.4 Å². The van der Waals surface area contributed by atoms with E-state index in [0.29, 0.717) is 18.8 Å². The van der Waals surface area contributed by atoms with Gasteiger partial charge >= 0.3 is 0 Å². The Kier molecular flexibility index (Phi) is 3.85. The Balaban J connectivity index is 1.33. The number of aromatic nitrogens is 2. The zero-order chi connectivity index (χ0) is 14.9. The van der Waals surface area contributed by atoms with E-state index in [1.54, 1.807) is 0 Å². The Bertz CT molecular complexity index is 554. The van der Waals surface area contributed by atoms with Crippen molar-refractivity contribution in [1.82, 2.24) is 25.7 Å². The minimum atomic E-state index is -0.103. The van der Waals surface area contributed by atoms with E-state index in [-0.39, 0.29) is 12.0 Å². The molecule has 2 aliphatic heterocycles. The third-order valence-electron chi connectivity index (χ3n) is 4.75. The number of rotatable bonds is 4. The van der Waals surface area contributed by atoms with Crippen molar-refractivity contribution in [2.24, 2.45) is 0 Å². The fourth-order valence-corrected chi connectivity index (χ4v) is 3.34. The molecule has 1 saturated carbocycles. The first-order valence-corrected chi connectivity index (χ1v) is 8.22. The van der Waals surface area contributed by atoms with Crippen molar-refractivity contribution in [2.75, 3.05) is 32.8 Å². The predicted octanol–water partition coefficient (Wildman–Crippen LogP) is -0.352. The lowest BCUT2D eigenvalue weighted by Gasteiger charge is -2.33. The van der Waals surface area contributed by atoms with E-state index in [1.165, 1.54) is 12.8 Å². The molecular weight excluding hydrogens is 282 g/mol. The van der Waals surface area contributed by atoms with Crippen LogP contribution in [0.25, 0.3) is 0 Å². The van der Waals surface area contributed by atoms with Gasteiger partial charge in [0.1, 0.15) is 0 Å². The van der Waals surface area contributed by atoms with Gasteiger partial charge in [-0.3, -0.25) is 14.8 Å². The second-order valence-electron chi connectivity index (χ2n) is 6.39. The molecule has 0 spiro atoms. The largest absolute Gasteiger partial charge is 0.374 e. The molecule has 120 valence electrons. The molecule has 4 rings (SSSR count). The van der Waals surface area contributed by atoms with Crippen molar-refractivity contribution in [1.29, 1.82) is 0 Å². The summed E-state index contributed by atoms with van der Waals surface area (Å²) in [5, 5.41) is 13.4. The highest BCUT2D eigenvalue weighted by Crippen LogP contribution is 2.28. The Morgan fingerprint density at radius 1 is 1.45 bits per heavy atom. The van der Waals surface area contributed by atoms with Gasteiger partial charge in [-0.15, -0.1) is 0 Å². The summed E-state index contributed by atoms with van der Waals surface area (Å²) in [4.78, 5) is 14.8. The fraction of sp³-hybridized carbons (Fsp3) is 0.733. The second-order valence-corrected chi connectivity index (χ2v) is 6.39. The van der Waals surface area contributed by atoms with Crippen molar-refractivity contribution in [2.45, 2.75) is 38.0 Å². The Morgan fingerprint density at radius 3 is 3.23 bits per heavy atom. The van der Waals surface area contributed by atoms with Crippen LogP contribution in [0.4, 0.5) is 0 Å². The van der Waals surface area contributed by atoms with E-state index in [4.69, 9.17) is 4.74 Å². The number of hydrogen-bond acceptors (Lipinski definition) is 5. The molecule has 0 bridgehead atoms. The molecule has 7 nitrogen and oxygen atoms in total. The molecular formula is C15H23N5O2. The molecule has 7 heteroatoms. The summed E-state index contributed by atoms with van der Waals surface area (Å²) in [5.41, 5.74) is 2.61. The topological polar surface area (TPSA) is 82.3 Å². The van der Waals surface area contributed by atoms with Gasteiger partial charge in [0.25, 0.3) is 5.91 Å². The number of fused-ring (bicyclic) bond motifs is 1. The van der Waals surface area contributed by atoms with E-state index in [1.807, 2.05) is 0 Å². The second kappa shape index (κ2) is 5.98. The minimum absolute atomic E-state index is 0.0891. The maximum atomic E-state index is 12.4. The van der Waals surface area contributed by atoms with E-state index in [0.717, 1.165) is 50.0 Å². The standard InChI is InChI=1S/C15H23N5O2/c21-15(14-12-8-16-4-3-13(12)18-19-14)17-7-11-9-20(5-6-22-11)10-1-2-10/h10-11,16H,1-9H2,(H,17,21)(H,18,19). The number of ether oxygens (including phenoxy) is 1. The zero-order valence-corrected chi connectivity index (χ0v) is 12.7. The van der Waals surface area contributed by atoms with E-state index >= 15 is 0 Å². The van der Waals surface area contributed by atoms with E-state index in [2.05, 4.69) is 25.7 Å². The maximum absolute atomic E-state index is 12.4. The number of carbonyl (C=O) groups is 1. The summed E-state index contributed by atoms with van der Waals surface area (Å²) in [6.07, 6.45) is 3.61. The van der Waals surface area contributed by atoms with Crippen LogP contribution >= 0.6 is 0 Å². The van der Waals surface area contributed by atoms with Crippen LogP contribution in [0.5, 0.6) is 0 Å². The van der Waals surface area contributed by atoms with Gasteiger partial charge in [-0.2, -0.15) is 5.10 Å². The van der Waals surface area contributed by atoms with Crippen LogP contribution in [-0.4, -0.2) is 65.9 Å². The lowest BCUT2D eigenvalue weighted by Crippen LogP contribution is -2.48. The van der Waals surface area contributed by atoms with E-state index < -0.39 is 0 Å². The summed E-state index contributed by atoms with van der Waals surface area (Å²) in [5.74, 6) is -0.103. The van der Waals surface area contributed by atoms with Crippen LogP contribution in [0, 0.1) is 0 Å². The monoisotopic (exact) mass is 305 g/mol. The highest BCUT2D eigenvalue weighted by molar-refractivity contribution is 5.94. The number of nitrogens with one attached hydrogen (secondary N) is 3. The molecule has 3 heterocycles. The van der Waals surface area contributed by atoms with Gasteiger partial charge in [0.05, 0.1) is 12.7 Å². The quantitative estimate of drug-likeness (QED) is 0.708. The van der Waals surface area contributed by atoms with Crippen LogP contribution in [-0.2, 0) is 17.7 Å². The van der Waals surface area contributed by atoms with Crippen LogP contribution in [0.15, 0.2) is 0 Å². The smallest absolute Gasteiger partial charge is 0.272 e. The fourth-order valence-electron chi connectivity index (χ4n) is 3.34. The first kappa shape index (κ1) is 14.2. The number of nitrogens with zero attached hydrogens (tertiary/aromatic N) is 2.